The molecule has 0 bridgehead atoms. The molecule has 7 heteroatoms. The summed E-state index contributed by atoms with van der Waals surface area (Å²) in [6.45, 7) is 2.08. The summed E-state index contributed by atoms with van der Waals surface area (Å²) in [6.07, 6.45) is 3.57. The van der Waals surface area contributed by atoms with Crippen LogP contribution in [0.25, 0.3) is 0 Å². The predicted octanol–water partition coefficient (Wildman–Crippen LogP) is 5.34. The number of rotatable bonds is 4. The largest absolute Gasteiger partial charge is 0.464 e. The number of hydrogen-bond acceptors (Lipinski definition) is 3. The lowest BCUT2D eigenvalue weighted by atomic mass is 9.57. The van der Waals surface area contributed by atoms with Crippen molar-refractivity contribution in [3.8, 4) is 0 Å². The molecule has 2 aliphatic carbocycles. The van der Waals surface area contributed by atoms with Crippen molar-refractivity contribution in [2.45, 2.75) is 68.7 Å². The van der Waals surface area contributed by atoms with Gasteiger partial charge in [0.15, 0.2) is 0 Å². The van der Waals surface area contributed by atoms with Crippen molar-refractivity contribution in [1.29, 1.82) is 0 Å². The summed E-state index contributed by atoms with van der Waals surface area (Å²) >= 11 is 6.35. The normalized spacial score (nSPS) is 29.2. The van der Waals surface area contributed by atoms with Gasteiger partial charge in [0.2, 0.25) is 11.8 Å². The second-order valence-corrected chi connectivity index (χ2v) is 10.8. The summed E-state index contributed by atoms with van der Waals surface area (Å²) in [7, 11) is 0. The van der Waals surface area contributed by atoms with E-state index in [-0.39, 0.29) is 17.7 Å². The Morgan fingerprint density at radius 3 is 2.53 bits per heavy atom. The van der Waals surface area contributed by atoms with Crippen LogP contribution in [0.3, 0.4) is 0 Å². The van der Waals surface area contributed by atoms with Gasteiger partial charge < -0.3 is 10.4 Å². The zero-order valence-electron chi connectivity index (χ0n) is 19.0. The summed E-state index contributed by atoms with van der Waals surface area (Å²) in [5.41, 5.74) is 1.57. The highest BCUT2D eigenvalue weighted by atomic mass is 35.5. The van der Waals surface area contributed by atoms with Gasteiger partial charge in [-0.05, 0) is 78.3 Å². The number of carbonyl (C=O) groups is 3. The lowest BCUT2D eigenvalue weighted by Gasteiger charge is -2.49. The fraction of sp³-hybridized carbons (Fsp3) is 0.444. The zero-order chi connectivity index (χ0) is 23.8. The highest BCUT2D eigenvalue weighted by Gasteiger charge is 2.70. The Kier molecular flexibility index (Phi) is 4.66. The van der Waals surface area contributed by atoms with Crippen LogP contribution in [-0.2, 0) is 15.0 Å². The van der Waals surface area contributed by atoms with Crippen LogP contribution in [0.4, 0.5) is 10.5 Å². The van der Waals surface area contributed by atoms with E-state index in [0.29, 0.717) is 22.2 Å². The second kappa shape index (κ2) is 7.32. The van der Waals surface area contributed by atoms with E-state index in [0.717, 1.165) is 48.1 Å². The van der Waals surface area contributed by atoms with E-state index >= 15 is 0 Å². The van der Waals surface area contributed by atoms with Gasteiger partial charge >= 0.3 is 6.09 Å². The Hall–Kier alpha value is -2.86. The number of benzene rings is 2. The number of amides is 3. The summed E-state index contributed by atoms with van der Waals surface area (Å²) in [5.74, 6) is -0.671. The van der Waals surface area contributed by atoms with Crippen molar-refractivity contribution in [3.05, 3.63) is 64.2 Å². The molecule has 2 aromatic rings. The van der Waals surface area contributed by atoms with Crippen LogP contribution in [0, 0.1) is 5.41 Å². The van der Waals surface area contributed by atoms with E-state index in [4.69, 9.17) is 11.6 Å². The van der Waals surface area contributed by atoms with Gasteiger partial charge in [-0.25, -0.2) is 9.69 Å². The molecule has 1 spiro atoms. The Bertz CT molecular complexity index is 1230. The molecule has 2 N–H and O–H groups in total. The molecule has 0 aromatic heterocycles. The molecule has 34 heavy (non-hydrogen) atoms. The van der Waals surface area contributed by atoms with Gasteiger partial charge in [-0.15, -0.1) is 0 Å². The van der Waals surface area contributed by atoms with Gasteiger partial charge in [-0.1, -0.05) is 42.8 Å². The fourth-order valence-corrected chi connectivity index (χ4v) is 6.80. The summed E-state index contributed by atoms with van der Waals surface area (Å²) in [4.78, 5) is 40.9. The summed E-state index contributed by atoms with van der Waals surface area (Å²) in [5, 5.41) is 13.9. The van der Waals surface area contributed by atoms with E-state index in [1.165, 1.54) is 0 Å². The molecule has 2 heterocycles. The molecule has 4 aliphatic rings. The first-order valence-electron chi connectivity index (χ1n) is 12.1. The lowest BCUT2D eigenvalue weighted by molar-refractivity contribution is -0.134. The highest BCUT2D eigenvalue weighted by Crippen LogP contribution is 2.64. The van der Waals surface area contributed by atoms with Crippen LogP contribution in [0.1, 0.15) is 74.0 Å². The van der Waals surface area contributed by atoms with Crippen LogP contribution >= 0.6 is 11.6 Å². The molecular formula is C27H27ClN2O4. The van der Waals surface area contributed by atoms with Crippen LogP contribution in [0.2, 0.25) is 5.02 Å². The van der Waals surface area contributed by atoms with Gasteiger partial charge in [-0.3, -0.25) is 9.59 Å². The molecule has 3 fully saturated rings. The van der Waals surface area contributed by atoms with Crippen LogP contribution in [-0.4, -0.2) is 29.1 Å². The average Bonchev–Trinajstić information content (AvgIpc) is 3.73. The Morgan fingerprint density at radius 2 is 1.91 bits per heavy atom. The summed E-state index contributed by atoms with van der Waals surface area (Å²) < 4.78 is 0. The van der Waals surface area contributed by atoms with Crippen LogP contribution in [0.5, 0.6) is 0 Å². The molecule has 0 radical (unpaired) electrons. The van der Waals surface area contributed by atoms with Crippen molar-refractivity contribution in [2.24, 2.45) is 5.41 Å². The third-order valence-corrected chi connectivity index (χ3v) is 8.90. The average molecular weight is 479 g/mol. The molecule has 3 unspecified atom stereocenters. The van der Waals surface area contributed by atoms with Crippen molar-refractivity contribution in [2.75, 3.05) is 4.90 Å². The number of anilines is 1. The molecule has 1 saturated heterocycles. The molecule has 3 amide bonds. The van der Waals surface area contributed by atoms with Gasteiger partial charge in [-0.2, -0.15) is 0 Å². The van der Waals surface area contributed by atoms with E-state index in [9.17, 15) is 19.5 Å². The zero-order valence-corrected chi connectivity index (χ0v) is 19.8. The topological polar surface area (TPSA) is 86.7 Å². The van der Waals surface area contributed by atoms with E-state index in [1.807, 2.05) is 36.4 Å². The molecule has 2 saturated carbocycles. The maximum Gasteiger partial charge on any atom is 0.418 e. The van der Waals surface area contributed by atoms with Crippen LogP contribution in [0.15, 0.2) is 42.5 Å². The molecule has 6 nitrogen and oxygen atoms in total. The number of hydrogen-bond donors (Lipinski definition) is 2. The SMILES string of the molecule is CCC1(C2NC(=O)CC(c3cccc(Cl)c3)C23C(=O)N(C(=O)O)c2cc(C4CC4)ccc23)CC1. The van der Waals surface area contributed by atoms with Crippen molar-refractivity contribution >= 4 is 35.2 Å². The minimum atomic E-state index is -1.28. The number of nitrogens with zero attached hydrogens (tertiary/aromatic N) is 1. The first-order valence-corrected chi connectivity index (χ1v) is 12.5. The Balaban J connectivity index is 1.64. The maximum absolute atomic E-state index is 14.4. The molecule has 3 atom stereocenters. The van der Waals surface area contributed by atoms with E-state index in [2.05, 4.69) is 12.2 Å². The number of carbonyl (C=O) groups excluding carboxylic acids is 2. The van der Waals surface area contributed by atoms with Crippen molar-refractivity contribution < 1.29 is 19.5 Å². The first-order chi connectivity index (χ1) is 16.3. The molecule has 176 valence electrons. The van der Waals surface area contributed by atoms with Crippen molar-refractivity contribution in [1.82, 2.24) is 5.32 Å². The maximum atomic E-state index is 14.4. The molecule has 6 rings (SSSR count). The minimum absolute atomic E-state index is 0.0969. The van der Waals surface area contributed by atoms with Crippen LogP contribution < -0.4 is 10.2 Å². The Labute approximate surface area is 203 Å². The van der Waals surface area contributed by atoms with Gasteiger partial charge in [0.25, 0.3) is 0 Å². The Morgan fingerprint density at radius 1 is 1.15 bits per heavy atom. The fourth-order valence-electron chi connectivity index (χ4n) is 6.60. The number of carboxylic acid groups (broad SMARTS) is 1. The molecular weight excluding hydrogens is 452 g/mol. The predicted molar refractivity (Wildman–Crippen MR) is 128 cm³/mol. The smallest absolute Gasteiger partial charge is 0.418 e. The molecule has 2 aliphatic heterocycles. The lowest BCUT2D eigenvalue weighted by Crippen LogP contribution is -2.66. The molecule has 2 aromatic carbocycles. The minimum Gasteiger partial charge on any atom is -0.464 e. The van der Waals surface area contributed by atoms with Crippen molar-refractivity contribution in [3.63, 3.8) is 0 Å². The quantitative estimate of drug-likeness (QED) is 0.620. The van der Waals surface area contributed by atoms with E-state index in [1.54, 1.807) is 6.07 Å². The monoisotopic (exact) mass is 478 g/mol. The highest BCUT2D eigenvalue weighted by molar-refractivity contribution is 6.30. The number of piperidine rings is 1. The third-order valence-electron chi connectivity index (χ3n) is 8.66. The first kappa shape index (κ1) is 21.7. The third kappa shape index (κ3) is 2.90. The van der Waals surface area contributed by atoms with Gasteiger partial charge in [0.05, 0.1) is 11.7 Å². The summed E-state index contributed by atoms with van der Waals surface area (Å²) in [6, 6.07) is 12.7. The number of halogens is 1. The standard InChI is InChI=1S/C27H27ClN2O4/c1-2-26(10-11-26)23-27(20(14-22(31)29-23)17-4-3-5-18(28)12-17)19-9-8-16(15-6-7-15)13-21(19)30(24(27)32)25(33)34/h3-5,8-9,12-13,15,20,23H,2,6-7,10-11,14H2,1H3,(H,29,31)(H,33,34). The number of fused-ring (bicyclic) bond motifs is 2. The van der Waals surface area contributed by atoms with Gasteiger partial charge in [0, 0.05) is 17.4 Å². The van der Waals surface area contributed by atoms with Gasteiger partial charge in [0.1, 0.15) is 5.41 Å². The number of imide groups is 1. The van der Waals surface area contributed by atoms with E-state index < -0.39 is 29.4 Å². The second-order valence-electron chi connectivity index (χ2n) is 10.4. The number of nitrogens with one attached hydrogen (secondary N) is 1.